The van der Waals surface area contributed by atoms with E-state index in [0.29, 0.717) is 0 Å². The number of nitrogens with one attached hydrogen (secondary N) is 2. The fraction of sp³-hybridized carbons (Fsp3) is 0. The maximum absolute atomic E-state index is 4.66. The molecule has 0 saturated carbocycles. The molecule has 2 N–H and O–H groups in total. The lowest BCUT2D eigenvalue weighted by molar-refractivity contribution is 0.513. The molecule has 2 aromatic heterocycles. The lowest BCUT2D eigenvalue weighted by atomic mass is 10.3. The van der Waals surface area contributed by atoms with Crippen molar-refractivity contribution < 1.29 is 0 Å². The van der Waals surface area contributed by atoms with Gasteiger partial charge in [-0.3, -0.25) is 0 Å². The molecule has 0 atom stereocenters. The Bertz CT molecular complexity index is 1380. The Morgan fingerprint density at radius 2 is 1.10 bits per heavy atom. The minimum absolute atomic E-state index is 0.872. The van der Waals surface area contributed by atoms with Crippen molar-refractivity contribution in [1.82, 2.24) is 29.6 Å². The van der Waals surface area contributed by atoms with Gasteiger partial charge in [0.25, 0.3) is 0 Å². The summed E-state index contributed by atoms with van der Waals surface area (Å²) in [6, 6.07) is 8.13. The highest BCUT2D eigenvalue weighted by Gasteiger charge is 2.13. The van der Waals surface area contributed by atoms with Crippen molar-refractivity contribution in [3.05, 3.63) is 108 Å². The molecule has 6 heterocycles. The fourth-order valence-corrected chi connectivity index (χ4v) is 3.44. The van der Waals surface area contributed by atoms with Gasteiger partial charge in [0.05, 0.1) is 27.5 Å². The van der Waals surface area contributed by atoms with Gasteiger partial charge < -0.3 is 29.6 Å². The third-order valence-corrected chi connectivity index (χ3v) is 4.79. The van der Waals surface area contributed by atoms with Crippen LogP contribution in [-0.2, 0) is 0 Å². The van der Waals surface area contributed by atoms with Gasteiger partial charge in [0.15, 0.2) is 0 Å². The highest BCUT2D eigenvalue weighted by Crippen LogP contribution is 2.17. The second kappa shape index (κ2) is 6.73. The summed E-state index contributed by atoms with van der Waals surface area (Å²) in [7, 11) is 0. The van der Waals surface area contributed by atoms with E-state index in [1.807, 2.05) is 112 Å². The van der Waals surface area contributed by atoms with Crippen LogP contribution in [0.1, 0.15) is 0 Å². The first-order valence-corrected chi connectivity index (χ1v) is 9.54. The Morgan fingerprint density at radius 3 is 1.70 bits per heavy atom. The topological polar surface area (TPSA) is 56.9 Å². The van der Waals surface area contributed by atoms with E-state index in [9.17, 15) is 0 Å². The molecule has 0 aromatic carbocycles. The smallest absolute Gasteiger partial charge is 0.216 e. The molecule has 7 heteroatoms. The number of allylic oxidation sites excluding steroid dienone is 2. The molecule has 4 radical (unpaired) electrons. The second-order valence-corrected chi connectivity index (χ2v) is 7.12. The summed E-state index contributed by atoms with van der Waals surface area (Å²) in [5.41, 5.74) is 1.77. The summed E-state index contributed by atoms with van der Waals surface area (Å²) in [4.78, 5) is 19.0. The van der Waals surface area contributed by atoms with Gasteiger partial charge in [0.2, 0.25) is 13.3 Å². The summed E-state index contributed by atoms with van der Waals surface area (Å²) >= 11 is 0. The largest absolute Gasteiger partial charge is 0.354 e. The Balaban J connectivity index is 1.42. The monoisotopic (exact) mass is 391 g/mol. The number of H-pyrrole nitrogens is 2. The van der Waals surface area contributed by atoms with Crippen LogP contribution in [0.4, 0.5) is 0 Å². The second-order valence-electron chi connectivity index (χ2n) is 7.12. The zero-order valence-electron chi connectivity index (χ0n) is 15.9. The summed E-state index contributed by atoms with van der Waals surface area (Å²) in [5.74, 6) is 0. The maximum atomic E-state index is 4.66. The normalized spacial score (nSPS) is 25.5. The van der Waals surface area contributed by atoms with Crippen molar-refractivity contribution in [1.29, 1.82) is 0 Å². The highest BCUT2D eigenvalue weighted by molar-refractivity contribution is 6.19. The van der Waals surface area contributed by atoms with E-state index >= 15 is 0 Å². The minimum Gasteiger partial charge on any atom is -0.354 e. The van der Waals surface area contributed by atoms with E-state index in [-0.39, 0.29) is 0 Å². The van der Waals surface area contributed by atoms with Crippen LogP contribution in [0.3, 0.4) is 0 Å². The van der Waals surface area contributed by atoms with Crippen molar-refractivity contribution >= 4 is 30.4 Å². The van der Waals surface area contributed by atoms with Crippen LogP contribution in [0.25, 0.3) is 24.7 Å². The third kappa shape index (κ3) is 3.37. The molecule has 4 aliphatic heterocycles. The summed E-state index contributed by atoms with van der Waals surface area (Å²) in [6.07, 6.45) is 21.7. The van der Waals surface area contributed by atoms with Crippen LogP contribution in [0, 0.1) is 13.3 Å². The van der Waals surface area contributed by atoms with Crippen molar-refractivity contribution in [2.24, 2.45) is 4.99 Å². The van der Waals surface area contributed by atoms with Crippen LogP contribution in [-0.4, -0.2) is 35.3 Å². The first-order chi connectivity index (χ1) is 14.7. The average molecular weight is 391 g/mol. The van der Waals surface area contributed by atoms with Gasteiger partial charge in [-0.05, 0) is 42.5 Å². The van der Waals surface area contributed by atoms with Crippen molar-refractivity contribution in [3.63, 3.8) is 0 Å². The van der Waals surface area contributed by atoms with Crippen LogP contribution in [0.15, 0.2) is 78.1 Å². The third-order valence-electron chi connectivity index (χ3n) is 4.79. The van der Waals surface area contributed by atoms with E-state index in [4.69, 9.17) is 0 Å². The van der Waals surface area contributed by atoms with E-state index in [1.165, 1.54) is 0 Å². The predicted octanol–water partition coefficient (Wildman–Crippen LogP) is 0.0735. The Morgan fingerprint density at radius 1 is 0.600 bits per heavy atom. The number of hydrogen-bond acceptors (Lipinski definition) is 5. The molecule has 144 valence electrons. The van der Waals surface area contributed by atoms with E-state index in [1.54, 1.807) is 0 Å². The molecule has 0 aliphatic carbocycles. The Labute approximate surface area is 173 Å². The molecule has 0 amide bonds. The summed E-state index contributed by atoms with van der Waals surface area (Å²) < 4.78 is 0. The predicted molar refractivity (Wildman–Crippen MR) is 115 cm³/mol. The molecule has 0 unspecified atom stereocenters. The maximum Gasteiger partial charge on any atom is 0.216 e. The molecule has 0 spiro atoms. The Hall–Kier alpha value is -4.13. The number of aromatic nitrogens is 2. The molecular weight excluding hydrogens is 374 g/mol. The SMILES string of the molecule is [C]1N2C=CN1/C=c1/cc/c([nH]1)=C/N1[C]N(C=C1)/C=c1/cc/c([nH]1)=C/C1=NC(=C\2)/C=C1. The van der Waals surface area contributed by atoms with Gasteiger partial charge in [-0.1, -0.05) is 0 Å². The number of fused-ring (bicyclic) bond motifs is 9. The minimum atomic E-state index is 0.872. The zero-order valence-corrected chi connectivity index (χ0v) is 15.9. The molecule has 30 heavy (non-hydrogen) atoms. The molecule has 4 aliphatic rings. The van der Waals surface area contributed by atoms with E-state index in [2.05, 4.69) is 28.3 Å². The van der Waals surface area contributed by atoms with Crippen LogP contribution >= 0.6 is 0 Å². The summed E-state index contributed by atoms with van der Waals surface area (Å²) in [6.45, 7) is 6.52. The summed E-state index contributed by atoms with van der Waals surface area (Å²) in [5, 5.41) is 3.93. The van der Waals surface area contributed by atoms with Gasteiger partial charge in [0, 0.05) is 54.9 Å². The standard InChI is InChI=1S/C23H17N7/c1-3-20-12-27-7-9-29(16-27)14-22-5-6-23(26-22)15-30-10-8-28(17-30)13-21-4-2-19(25-21)11-18(1)24-20/h1-15,24,26H/b18-11-,20-12-,21-13-,22-14-,23-15-. The van der Waals surface area contributed by atoms with Gasteiger partial charge in [-0.2, -0.15) is 0 Å². The highest BCUT2D eigenvalue weighted by atomic mass is 15.3. The first kappa shape index (κ1) is 16.8. The number of nitrogens with zero attached hydrogens (tertiary/aromatic N) is 5. The van der Waals surface area contributed by atoms with Crippen LogP contribution in [0.2, 0.25) is 0 Å². The first-order valence-electron chi connectivity index (χ1n) is 9.54. The molecule has 6 rings (SSSR count). The van der Waals surface area contributed by atoms with Crippen LogP contribution in [0.5, 0.6) is 0 Å². The molecule has 7 nitrogen and oxygen atoms in total. The molecule has 10 bridgehead atoms. The van der Waals surface area contributed by atoms with Crippen molar-refractivity contribution in [2.45, 2.75) is 0 Å². The van der Waals surface area contributed by atoms with Crippen molar-refractivity contribution in [2.75, 3.05) is 0 Å². The number of hydrogen-bond donors (Lipinski definition) is 2. The van der Waals surface area contributed by atoms with E-state index < -0.39 is 0 Å². The van der Waals surface area contributed by atoms with Crippen LogP contribution < -0.4 is 21.4 Å². The number of rotatable bonds is 0. The molecular formula is C23H17N7. The van der Waals surface area contributed by atoms with Gasteiger partial charge in [-0.25, -0.2) is 4.99 Å². The molecule has 0 saturated heterocycles. The fourth-order valence-electron chi connectivity index (χ4n) is 3.44. The molecule has 0 fully saturated rings. The molecule has 2 aromatic rings. The van der Waals surface area contributed by atoms with Gasteiger partial charge in [0.1, 0.15) is 0 Å². The van der Waals surface area contributed by atoms with Gasteiger partial charge in [-0.15, -0.1) is 0 Å². The van der Waals surface area contributed by atoms with Gasteiger partial charge >= 0.3 is 0 Å². The number of aliphatic imine (C=N–C) groups is 1. The quantitative estimate of drug-likeness (QED) is 0.668. The Kier molecular flexibility index (Phi) is 3.77. The van der Waals surface area contributed by atoms with E-state index in [0.717, 1.165) is 32.8 Å². The number of aromatic amines is 2. The lowest BCUT2D eigenvalue weighted by Gasteiger charge is -2.11. The van der Waals surface area contributed by atoms with Crippen molar-refractivity contribution in [3.8, 4) is 0 Å². The zero-order chi connectivity index (χ0) is 19.9. The lowest BCUT2D eigenvalue weighted by Crippen LogP contribution is -2.20. The average Bonchev–Trinajstić information content (AvgIpc) is 3.52.